The van der Waals surface area contributed by atoms with Gasteiger partial charge in [-0.05, 0) is 19.1 Å². The summed E-state index contributed by atoms with van der Waals surface area (Å²) < 4.78 is 4.86. The van der Waals surface area contributed by atoms with Crippen molar-refractivity contribution in [3.63, 3.8) is 0 Å². The minimum Gasteiger partial charge on any atom is -0.465 e. The predicted octanol–water partition coefficient (Wildman–Crippen LogP) is 1.79. The Morgan fingerprint density at radius 2 is 2.28 bits per heavy atom. The number of hydrogen-bond donors (Lipinski definition) is 2. The van der Waals surface area contributed by atoms with Gasteiger partial charge in [0.2, 0.25) is 0 Å². The lowest BCUT2D eigenvalue weighted by atomic mass is 10.1. The fourth-order valence-corrected chi connectivity index (χ4v) is 1.73. The van der Waals surface area contributed by atoms with Crippen LogP contribution in [0.3, 0.4) is 0 Å². The number of carbonyl (C=O) groups is 1. The van der Waals surface area contributed by atoms with E-state index in [1.54, 1.807) is 25.3 Å². The number of fused-ring (bicyclic) bond motifs is 1. The molecule has 2 rings (SSSR count). The number of para-hydroxylation sites is 1. The first kappa shape index (κ1) is 12.2. The maximum Gasteiger partial charge on any atom is 0.325 e. The number of hydrogen-bond acceptors (Lipinski definition) is 5. The van der Waals surface area contributed by atoms with Crippen LogP contribution in [0, 0.1) is 0 Å². The maximum atomic E-state index is 11.3. The van der Waals surface area contributed by atoms with Crippen LogP contribution < -0.4 is 11.1 Å². The number of esters is 1. The van der Waals surface area contributed by atoms with Crippen LogP contribution in [0.25, 0.3) is 10.9 Å². The van der Waals surface area contributed by atoms with Crippen LogP contribution in [0.15, 0.2) is 30.5 Å². The van der Waals surface area contributed by atoms with Gasteiger partial charge in [0.05, 0.1) is 17.8 Å². The SMILES string of the molecule is CCOC(=O)CNc1ccnc2c(N)cccc12. The second-order valence-electron chi connectivity index (χ2n) is 3.76. The number of aromatic nitrogens is 1. The van der Waals surface area contributed by atoms with Gasteiger partial charge in [0.15, 0.2) is 0 Å². The molecule has 0 aliphatic rings. The summed E-state index contributed by atoms with van der Waals surface area (Å²) in [5.41, 5.74) is 8.01. The lowest BCUT2D eigenvalue weighted by Gasteiger charge is -2.09. The Hall–Kier alpha value is -2.30. The number of pyridine rings is 1. The van der Waals surface area contributed by atoms with Crippen molar-refractivity contribution in [2.75, 3.05) is 24.2 Å². The van der Waals surface area contributed by atoms with E-state index in [4.69, 9.17) is 10.5 Å². The average molecular weight is 245 g/mol. The van der Waals surface area contributed by atoms with E-state index in [-0.39, 0.29) is 12.5 Å². The smallest absolute Gasteiger partial charge is 0.325 e. The fraction of sp³-hybridized carbons (Fsp3) is 0.231. The standard InChI is InChI=1S/C13H15N3O2/c1-2-18-12(17)8-16-11-6-7-15-13-9(11)4-3-5-10(13)14/h3-7H,2,8,14H2,1H3,(H,15,16). The third-order valence-corrected chi connectivity index (χ3v) is 2.53. The number of nitrogens with zero attached hydrogens (tertiary/aromatic N) is 1. The molecule has 0 amide bonds. The van der Waals surface area contributed by atoms with Crippen molar-refractivity contribution in [2.24, 2.45) is 0 Å². The van der Waals surface area contributed by atoms with E-state index < -0.39 is 0 Å². The fourth-order valence-electron chi connectivity index (χ4n) is 1.73. The van der Waals surface area contributed by atoms with Gasteiger partial charge in [-0.2, -0.15) is 0 Å². The normalized spacial score (nSPS) is 10.3. The number of carbonyl (C=O) groups excluding carboxylic acids is 1. The molecule has 0 unspecified atom stereocenters. The quantitative estimate of drug-likeness (QED) is 0.634. The molecule has 0 aliphatic heterocycles. The zero-order chi connectivity index (χ0) is 13.0. The lowest BCUT2D eigenvalue weighted by molar-refractivity contribution is -0.140. The van der Waals surface area contributed by atoms with Gasteiger partial charge < -0.3 is 15.8 Å². The molecule has 0 spiro atoms. The number of ether oxygens (including phenoxy) is 1. The minimum absolute atomic E-state index is 0.127. The monoisotopic (exact) mass is 245 g/mol. The van der Waals surface area contributed by atoms with Gasteiger partial charge in [-0.15, -0.1) is 0 Å². The number of nitrogen functional groups attached to an aromatic ring is 1. The van der Waals surface area contributed by atoms with Crippen LogP contribution in [0.2, 0.25) is 0 Å². The Balaban J connectivity index is 2.23. The van der Waals surface area contributed by atoms with Crippen LogP contribution in [0.1, 0.15) is 6.92 Å². The van der Waals surface area contributed by atoms with Crippen molar-refractivity contribution in [3.8, 4) is 0 Å². The third kappa shape index (κ3) is 2.51. The molecule has 1 aromatic carbocycles. The Morgan fingerprint density at radius 3 is 3.06 bits per heavy atom. The summed E-state index contributed by atoms with van der Waals surface area (Å²) >= 11 is 0. The molecule has 0 saturated heterocycles. The summed E-state index contributed by atoms with van der Waals surface area (Å²) in [7, 11) is 0. The number of nitrogens with one attached hydrogen (secondary N) is 1. The van der Waals surface area contributed by atoms with Gasteiger partial charge in [0, 0.05) is 17.3 Å². The second-order valence-corrected chi connectivity index (χ2v) is 3.76. The molecule has 0 aliphatic carbocycles. The van der Waals surface area contributed by atoms with Gasteiger partial charge in [-0.3, -0.25) is 9.78 Å². The highest BCUT2D eigenvalue weighted by Gasteiger charge is 2.06. The second kappa shape index (κ2) is 5.35. The van der Waals surface area contributed by atoms with Gasteiger partial charge in [-0.25, -0.2) is 0 Å². The van der Waals surface area contributed by atoms with E-state index in [0.29, 0.717) is 12.3 Å². The van der Waals surface area contributed by atoms with E-state index in [1.807, 2.05) is 12.1 Å². The molecule has 1 aromatic heterocycles. The van der Waals surface area contributed by atoms with Crippen molar-refractivity contribution in [2.45, 2.75) is 6.92 Å². The van der Waals surface area contributed by atoms with Crippen LogP contribution in [0.5, 0.6) is 0 Å². The van der Waals surface area contributed by atoms with Gasteiger partial charge in [-0.1, -0.05) is 12.1 Å². The Kier molecular flexibility index (Phi) is 3.62. The molecule has 2 aromatic rings. The van der Waals surface area contributed by atoms with E-state index in [1.165, 1.54) is 0 Å². The molecule has 0 fully saturated rings. The average Bonchev–Trinajstić information content (AvgIpc) is 2.37. The molecule has 3 N–H and O–H groups in total. The summed E-state index contributed by atoms with van der Waals surface area (Å²) in [4.78, 5) is 15.5. The molecule has 1 heterocycles. The Labute approximate surface area is 105 Å². The first-order chi connectivity index (χ1) is 8.72. The molecule has 5 heteroatoms. The summed E-state index contributed by atoms with van der Waals surface area (Å²) in [6, 6.07) is 7.37. The number of benzene rings is 1. The van der Waals surface area contributed by atoms with Crippen LogP contribution in [-0.2, 0) is 9.53 Å². The maximum absolute atomic E-state index is 11.3. The number of nitrogens with two attached hydrogens (primary N) is 1. The third-order valence-electron chi connectivity index (χ3n) is 2.53. The van der Waals surface area contributed by atoms with E-state index in [2.05, 4.69) is 10.3 Å². The summed E-state index contributed by atoms with van der Waals surface area (Å²) in [6.07, 6.45) is 1.66. The highest BCUT2D eigenvalue weighted by atomic mass is 16.5. The molecular formula is C13H15N3O2. The molecule has 0 saturated carbocycles. The van der Waals surface area contributed by atoms with E-state index >= 15 is 0 Å². The molecule has 0 atom stereocenters. The topological polar surface area (TPSA) is 77.2 Å². The highest BCUT2D eigenvalue weighted by Crippen LogP contribution is 2.25. The molecule has 0 radical (unpaired) electrons. The number of rotatable bonds is 4. The van der Waals surface area contributed by atoms with Crippen molar-refractivity contribution in [1.82, 2.24) is 4.98 Å². The van der Waals surface area contributed by atoms with Crippen molar-refractivity contribution in [1.29, 1.82) is 0 Å². The zero-order valence-electron chi connectivity index (χ0n) is 10.1. The van der Waals surface area contributed by atoms with Crippen molar-refractivity contribution >= 4 is 28.2 Å². The van der Waals surface area contributed by atoms with Gasteiger partial charge >= 0.3 is 5.97 Å². The van der Waals surface area contributed by atoms with Crippen LogP contribution >= 0.6 is 0 Å². The number of anilines is 2. The van der Waals surface area contributed by atoms with Crippen molar-refractivity contribution in [3.05, 3.63) is 30.5 Å². The summed E-state index contributed by atoms with van der Waals surface area (Å²) in [6.45, 7) is 2.28. The van der Waals surface area contributed by atoms with Crippen LogP contribution in [0.4, 0.5) is 11.4 Å². The molecule has 0 bridgehead atoms. The summed E-state index contributed by atoms with van der Waals surface area (Å²) in [5, 5.41) is 3.92. The van der Waals surface area contributed by atoms with Gasteiger partial charge in [0.25, 0.3) is 0 Å². The Morgan fingerprint density at radius 1 is 1.44 bits per heavy atom. The van der Waals surface area contributed by atoms with E-state index in [9.17, 15) is 4.79 Å². The zero-order valence-corrected chi connectivity index (χ0v) is 10.1. The highest BCUT2D eigenvalue weighted by molar-refractivity contribution is 5.98. The molecular weight excluding hydrogens is 230 g/mol. The summed E-state index contributed by atoms with van der Waals surface area (Å²) in [5.74, 6) is -0.286. The van der Waals surface area contributed by atoms with Crippen LogP contribution in [-0.4, -0.2) is 24.1 Å². The molecule has 94 valence electrons. The first-order valence-corrected chi connectivity index (χ1v) is 5.75. The first-order valence-electron chi connectivity index (χ1n) is 5.75. The molecule has 18 heavy (non-hydrogen) atoms. The largest absolute Gasteiger partial charge is 0.465 e. The van der Waals surface area contributed by atoms with Crippen molar-refractivity contribution < 1.29 is 9.53 Å². The van der Waals surface area contributed by atoms with Gasteiger partial charge in [0.1, 0.15) is 6.54 Å². The Bertz CT molecular complexity index is 569. The minimum atomic E-state index is -0.286. The molecule has 5 nitrogen and oxygen atoms in total. The van der Waals surface area contributed by atoms with E-state index in [0.717, 1.165) is 16.6 Å². The lowest BCUT2D eigenvalue weighted by Crippen LogP contribution is -2.16. The predicted molar refractivity (Wildman–Crippen MR) is 71.3 cm³/mol.